The van der Waals surface area contributed by atoms with Crippen molar-refractivity contribution in [2.24, 2.45) is 5.73 Å². The molecule has 1 atom stereocenters. The summed E-state index contributed by atoms with van der Waals surface area (Å²) >= 11 is 1.97. The van der Waals surface area contributed by atoms with Gasteiger partial charge in [0, 0.05) is 11.7 Å². The molecule has 140 valence electrons. The van der Waals surface area contributed by atoms with Gasteiger partial charge in [0.05, 0.1) is 0 Å². The van der Waals surface area contributed by atoms with Crippen molar-refractivity contribution in [3.05, 3.63) is 107 Å². The molecule has 3 aromatic rings. The number of halogens is 1. The highest BCUT2D eigenvalue weighted by atomic mass is 32.2. The zero-order chi connectivity index (χ0) is 18.9. The molecule has 1 unspecified atom stereocenters. The van der Waals surface area contributed by atoms with Gasteiger partial charge < -0.3 is 5.73 Å². The molecule has 0 fully saturated rings. The predicted octanol–water partition coefficient (Wildman–Crippen LogP) is 5.59. The minimum atomic E-state index is -0.205. The summed E-state index contributed by atoms with van der Waals surface area (Å²) in [5.74, 6) is 2.15. The molecule has 1 nitrogen and oxygen atoms in total. The molecule has 0 bridgehead atoms. The number of aryl methyl sites for hydroxylation is 1. The van der Waals surface area contributed by atoms with Crippen LogP contribution in [0.5, 0.6) is 0 Å². The smallest absolute Gasteiger partial charge is 0.123 e. The lowest BCUT2D eigenvalue weighted by Crippen LogP contribution is -2.15. The minimum absolute atomic E-state index is 0.205. The van der Waals surface area contributed by atoms with Gasteiger partial charge in [-0.25, -0.2) is 4.39 Å². The molecule has 0 aromatic heterocycles. The summed E-state index contributed by atoms with van der Waals surface area (Å²) in [7, 11) is 0. The number of thioether (sulfide) groups is 1. The zero-order valence-corrected chi connectivity index (χ0v) is 16.3. The van der Waals surface area contributed by atoms with Crippen LogP contribution in [0.4, 0.5) is 4.39 Å². The maximum absolute atomic E-state index is 13.2. The van der Waals surface area contributed by atoms with Gasteiger partial charge in [-0.05, 0) is 59.5 Å². The lowest BCUT2D eigenvalue weighted by Gasteiger charge is -2.16. The molecule has 3 heteroatoms. The summed E-state index contributed by atoms with van der Waals surface area (Å²) < 4.78 is 13.2. The molecule has 0 aliphatic carbocycles. The molecule has 0 spiro atoms. The molecule has 0 heterocycles. The van der Waals surface area contributed by atoms with Gasteiger partial charge >= 0.3 is 0 Å². The second kappa shape index (κ2) is 10.3. The van der Waals surface area contributed by atoms with Gasteiger partial charge in [-0.15, -0.1) is 0 Å². The number of rotatable bonds is 9. The molecule has 0 amide bonds. The summed E-state index contributed by atoms with van der Waals surface area (Å²) in [4.78, 5) is 0. The van der Waals surface area contributed by atoms with Gasteiger partial charge in [0.15, 0.2) is 0 Å². The average Bonchev–Trinajstić information content (AvgIpc) is 2.71. The maximum atomic E-state index is 13.2. The summed E-state index contributed by atoms with van der Waals surface area (Å²) in [6, 6.07) is 26.1. The summed E-state index contributed by atoms with van der Waals surface area (Å²) in [5.41, 5.74) is 11.1. The normalized spacial score (nSPS) is 12.1. The van der Waals surface area contributed by atoms with Crippen LogP contribution in [0.1, 0.15) is 28.2 Å². The van der Waals surface area contributed by atoms with Crippen LogP contribution in [0.3, 0.4) is 0 Å². The standard InChI is InChI=1S/C24H26FNS/c25-24-11-9-22(10-12-24)23(17-26)16-20-7-4-8-21(15-20)18-27-14-13-19-5-2-1-3-6-19/h1-12,15,23H,13-14,16-18,26H2. The van der Waals surface area contributed by atoms with Crippen LogP contribution in [0, 0.1) is 5.82 Å². The Bertz CT molecular complexity index is 817. The minimum Gasteiger partial charge on any atom is -0.330 e. The Morgan fingerprint density at radius 2 is 1.52 bits per heavy atom. The molecular weight excluding hydrogens is 353 g/mol. The molecular formula is C24H26FNS. The average molecular weight is 380 g/mol. The second-order valence-electron chi connectivity index (χ2n) is 6.80. The first-order valence-corrected chi connectivity index (χ1v) is 10.5. The van der Waals surface area contributed by atoms with Gasteiger partial charge in [-0.3, -0.25) is 0 Å². The summed E-state index contributed by atoms with van der Waals surface area (Å²) in [6.45, 7) is 0.557. The maximum Gasteiger partial charge on any atom is 0.123 e. The Balaban J connectivity index is 1.54. The zero-order valence-electron chi connectivity index (χ0n) is 15.5. The van der Waals surface area contributed by atoms with Gasteiger partial charge in [0.25, 0.3) is 0 Å². The largest absolute Gasteiger partial charge is 0.330 e. The van der Waals surface area contributed by atoms with Crippen molar-refractivity contribution in [3.63, 3.8) is 0 Å². The van der Waals surface area contributed by atoms with Crippen molar-refractivity contribution in [1.82, 2.24) is 0 Å². The van der Waals surface area contributed by atoms with Crippen LogP contribution in [-0.2, 0) is 18.6 Å². The molecule has 0 aliphatic heterocycles. The molecule has 2 N–H and O–H groups in total. The number of benzene rings is 3. The molecule has 27 heavy (non-hydrogen) atoms. The molecule has 0 aliphatic rings. The van der Waals surface area contributed by atoms with Crippen LogP contribution in [-0.4, -0.2) is 12.3 Å². The first kappa shape index (κ1) is 19.7. The third kappa shape index (κ3) is 6.23. The van der Waals surface area contributed by atoms with E-state index in [0.717, 1.165) is 29.9 Å². The van der Waals surface area contributed by atoms with E-state index in [1.165, 1.54) is 28.8 Å². The highest BCUT2D eigenvalue weighted by Crippen LogP contribution is 2.22. The Morgan fingerprint density at radius 1 is 0.815 bits per heavy atom. The van der Waals surface area contributed by atoms with Crippen molar-refractivity contribution in [1.29, 1.82) is 0 Å². The third-order valence-corrected chi connectivity index (χ3v) is 5.78. The topological polar surface area (TPSA) is 26.0 Å². The van der Waals surface area contributed by atoms with Crippen molar-refractivity contribution in [2.75, 3.05) is 12.3 Å². The monoisotopic (exact) mass is 379 g/mol. The fraction of sp³-hybridized carbons (Fsp3) is 0.250. The first-order chi connectivity index (χ1) is 13.2. The number of nitrogens with two attached hydrogens (primary N) is 1. The van der Waals surface area contributed by atoms with E-state index in [-0.39, 0.29) is 11.7 Å². The van der Waals surface area contributed by atoms with Crippen LogP contribution in [0.25, 0.3) is 0 Å². The van der Waals surface area contributed by atoms with Crippen molar-refractivity contribution in [3.8, 4) is 0 Å². The predicted molar refractivity (Wildman–Crippen MR) is 115 cm³/mol. The Kier molecular flexibility index (Phi) is 7.49. The third-order valence-electron chi connectivity index (χ3n) is 4.75. The summed E-state index contributed by atoms with van der Waals surface area (Å²) in [5, 5.41) is 0. The van der Waals surface area contributed by atoms with E-state index < -0.39 is 0 Å². The van der Waals surface area contributed by atoms with Gasteiger partial charge in [-0.2, -0.15) is 11.8 Å². The van der Waals surface area contributed by atoms with Gasteiger partial charge in [0.1, 0.15) is 5.82 Å². The van der Waals surface area contributed by atoms with Gasteiger partial charge in [0.2, 0.25) is 0 Å². The Hall–Kier alpha value is -2.10. The Labute approximate surface area is 165 Å². The fourth-order valence-corrected chi connectivity index (χ4v) is 4.17. The molecule has 3 aromatic carbocycles. The van der Waals surface area contributed by atoms with Crippen LogP contribution >= 0.6 is 11.8 Å². The van der Waals surface area contributed by atoms with Crippen molar-refractivity contribution >= 4 is 11.8 Å². The lowest BCUT2D eigenvalue weighted by molar-refractivity contribution is 0.623. The van der Waals surface area contributed by atoms with Crippen molar-refractivity contribution in [2.45, 2.75) is 24.5 Å². The van der Waals surface area contributed by atoms with E-state index in [4.69, 9.17) is 5.73 Å². The highest BCUT2D eigenvalue weighted by molar-refractivity contribution is 7.98. The van der Waals surface area contributed by atoms with E-state index in [1.54, 1.807) is 0 Å². The van der Waals surface area contributed by atoms with E-state index >= 15 is 0 Å². The quantitative estimate of drug-likeness (QED) is 0.491. The fourth-order valence-electron chi connectivity index (χ4n) is 3.23. The molecule has 0 saturated carbocycles. The van der Waals surface area contributed by atoms with Gasteiger partial charge in [-0.1, -0.05) is 66.7 Å². The second-order valence-corrected chi connectivity index (χ2v) is 7.90. The summed E-state index contributed by atoms with van der Waals surface area (Å²) in [6.07, 6.45) is 1.98. The van der Waals surface area contributed by atoms with Crippen LogP contribution in [0.2, 0.25) is 0 Å². The lowest BCUT2D eigenvalue weighted by atomic mass is 9.91. The van der Waals surface area contributed by atoms with Crippen LogP contribution in [0.15, 0.2) is 78.9 Å². The van der Waals surface area contributed by atoms with E-state index in [9.17, 15) is 4.39 Å². The van der Waals surface area contributed by atoms with E-state index in [2.05, 4.69) is 54.6 Å². The van der Waals surface area contributed by atoms with Crippen molar-refractivity contribution < 1.29 is 4.39 Å². The highest BCUT2D eigenvalue weighted by Gasteiger charge is 2.11. The molecule has 3 rings (SSSR count). The number of hydrogen-bond donors (Lipinski definition) is 1. The SMILES string of the molecule is NCC(Cc1cccc(CSCCc2ccccc2)c1)c1ccc(F)cc1. The molecule has 0 saturated heterocycles. The van der Waals surface area contributed by atoms with E-state index in [1.807, 2.05) is 23.9 Å². The molecule has 0 radical (unpaired) electrons. The van der Waals surface area contributed by atoms with E-state index in [0.29, 0.717) is 6.54 Å². The number of hydrogen-bond acceptors (Lipinski definition) is 2. The Morgan fingerprint density at radius 3 is 2.26 bits per heavy atom. The first-order valence-electron chi connectivity index (χ1n) is 9.39. The van der Waals surface area contributed by atoms with Crippen LogP contribution < -0.4 is 5.73 Å².